The quantitative estimate of drug-likeness (QED) is 0.208. The highest BCUT2D eigenvalue weighted by molar-refractivity contribution is 6.30. The highest BCUT2D eigenvalue weighted by atomic mass is 35.5. The van der Waals surface area contributed by atoms with E-state index in [2.05, 4.69) is 4.98 Å². The van der Waals surface area contributed by atoms with Gasteiger partial charge in [0, 0.05) is 30.1 Å². The van der Waals surface area contributed by atoms with Gasteiger partial charge in [-0.25, -0.2) is 0 Å². The van der Waals surface area contributed by atoms with Gasteiger partial charge in [-0.3, -0.25) is 9.78 Å². The smallest absolute Gasteiger partial charge is 0.232 e. The number of halogens is 1. The summed E-state index contributed by atoms with van der Waals surface area (Å²) in [4.78, 5) is 20.3. The Kier molecular flexibility index (Phi) is 9.13. The molecule has 3 aromatic carbocycles. The first-order valence-electron chi connectivity index (χ1n) is 15.5. The molecule has 0 aliphatic carbocycles. The minimum atomic E-state index is -0.995. The molecule has 7 nitrogen and oxygen atoms in total. The van der Waals surface area contributed by atoms with E-state index in [1.807, 2.05) is 105 Å². The number of aromatic nitrogens is 1. The summed E-state index contributed by atoms with van der Waals surface area (Å²) in [5.74, 6) is 1.25. The lowest BCUT2D eigenvalue weighted by Crippen LogP contribution is -2.41. The number of carbonyl (C=O) groups is 1. The summed E-state index contributed by atoms with van der Waals surface area (Å²) < 4.78 is 18.0. The number of hydrogen-bond donors (Lipinski definition) is 1. The number of ether oxygens (including phenoxy) is 3. The van der Waals surface area contributed by atoms with Crippen LogP contribution in [0, 0.1) is 5.92 Å². The monoisotopic (exact) mass is 626 g/mol. The largest absolute Gasteiger partial charge is 0.487 e. The normalized spacial score (nSPS) is 18.4. The molecule has 6 rings (SSSR count). The standard InChI is InChI=1S/C37H39ClN2O5/c1-24(2)45-34-22-32-26(20-33(34)44-23-30-6-4-5-17-39-30)21-35(41)40(36(32)25-7-11-29(38)12-8-25)31-13-9-27(10-14-31)37(3,42)28-15-18-43-19-16-28/h4-14,17,20,22,24,28,36,42H,15-16,18-19,21,23H2,1-3H3/t36-,37?/m0/s1. The molecule has 1 amide bonds. The van der Waals surface area contributed by atoms with Gasteiger partial charge >= 0.3 is 0 Å². The summed E-state index contributed by atoms with van der Waals surface area (Å²) in [5.41, 5.74) is 4.13. The Labute approximate surface area is 269 Å². The molecule has 234 valence electrons. The Hall–Kier alpha value is -3.91. The molecule has 2 atom stereocenters. The van der Waals surface area contributed by atoms with Gasteiger partial charge in [0.25, 0.3) is 0 Å². The van der Waals surface area contributed by atoms with Gasteiger partial charge in [0.1, 0.15) is 6.61 Å². The van der Waals surface area contributed by atoms with E-state index in [1.54, 1.807) is 6.20 Å². The van der Waals surface area contributed by atoms with Crippen LogP contribution in [0.5, 0.6) is 11.5 Å². The van der Waals surface area contributed by atoms with Crippen molar-refractivity contribution in [3.63, 3.8) is 0 Å². The van der Waals surface area contributed by atoms with E-state index in [0.29, 0.717) is 29.7 Å². The molecule has 2 aliphatic heterocycles. The molecule has 0 radical (unpaired) electrons. The highest BCUT2D eigenvalue weighted by Gasteiger charge is 2.38. The molecule has 0 saturated carbocycles. The third kappa shape index (κ3) is 6.71. The SMILES string of the molecule is CC(C)Oc1cc2c(cc1OCc1ccccn1)CC(=O)N(c1ccc(C(C)(O)C3CCOCC3)cc1)[C@H]2c1ccc(Cl)cc1. The van der Waals surface area contributed by atoms with Gasteiger partial charge in [-0.15, -0.1) is 0 Å². The van der Waals surface area contributed by atoms with E-state index >= 15 is 0 Å². The van der Waals surface area contributed by atoms with Crippen molar-refractivity contribution in [2.24, 2.45) is 5.92 Å². The average Bonchev–Trinajstić information content (AvgIpc) is 3.04. The fraction of sp³-hybridized carbons (Fsp3) is 0.351. The molecule has 1 N–H and O–H groups in total. The van der Waals surface area contributed by atoms with Crippen LogP contribution in [0.15, 0.2) is 85.1 Å². The number of nitrogens with zero attached hydrogens (tertiary/aromatic N) is 2. The van der Waals surface area contributed by atoms with Crippen LogP contribution in [0.2, 0.25) is 5.02 Å². The second kappa shape index (κ2) is 13.2. The number of rotatable bonds is 9. The number of fused-ring (bicyclic) bond motifs is 1. The van der Waals surface area contributed by atoms with E-state index in [9.17, 15) is 9.90 Å². The summed E-state index contributed by atoms with van der Waals surface area (Å²) in [5, 5.41) is 12.1. The number of hydrogen-bond acceptors (Lipinski definition) is 6. The summed E-state index contributed by atoms with van der Waals surface area (Å²) in [6, 6.07) is 24.6. The maximum atomic E-state index is 14.0. The lowest BCUT2D eigenvalue weighted by atomic mass is 9.78. The van der Waals surface area contributed by atoms with Gasteiger partial charge < -0.3 is 24.2 Å². The van der Waals surface area contributed by atoms with Crippen molar-refractivity contribution >= 4 is 23.2 Å². The summed E-state index contributed by atoms with van der Waals surface area (Å²) in [6.07, 6.45) is 3.46. The Morgan fingerprint density at radius 1 is 1.02 bits per heavy atom. The maximum absolute atomic E-state index is 14.0. The number of pyridine rings is 1. The van der Waals surface area contributed by atoms with E-state index in [1.165, 1.54) is 0 Å². The zero-order chi connectivity index (χ0) is 31.6. The summed E-state index contributed by atoms with van der Waals surface area (Å²) in [7, 11) is 0. The molecule has 2 aliphatic rings. The van der Waals surface area contributed by atoms with E-state index in [0.717, 1.165) is 46.5 Å². The highest BCUT2D eigenvalue weighted by Crippen LogP contribution is 2.45. The lowest BCUT2D eigenvalue weighted by molar-refractivity contribution is -0.118. The topological polar surface area (TPSA) is 81.1 Å². The molecule has 4 aromatic rings. The van der Waals surface area contributed by atoms with Crippen molar-refractivity contribution < 1.29 is 24.1 Å². The van der Waals surface area contributed by atoms with E-state index < -0.39 is 11.6 Å². The third-order valence-corrected chi connectivity index (χ3v) is 9.02. The number of amides is 1. The molecule has 8 heteroatoms. The molecule has 1 saturated heterocycles. The first-order chi connectivity index (χ1) is 21.7. The number of benzene rings is 3. The second-order valence-corrected chi connectivity index (χ2v) is 12.7. The van der Waals surface area contributed by atoms with Crippen LogP contribution in [-0.4, -0.2) is 35.3 Å². The second-order valence-electron chi connectivity index (χ2n) is 12.2. The van der Waals surface area contributed by atoms with Crippen LogP contribution in [-0.2, 0) is 28.2 Å². The van der Waals surface area contributed by atoms with E-state index in [4.69, 9.17) is 25.8 Å². The summed E-state index contributed by atoms with van der Waals surface area (Å²) >= 11 is 6.29. The molecule has 3 heterocycles. The first-order valence-corrected chi connectivity index (χ1v) is 15.9. The van der Waals surface area contributed by atoms with Crippen molar-refractivity contribution in [3.8, 4) is 11.5 Å². The fourth-order valence-corrected chi connectivity index (χ4v) is 6.50. The third-order valence-electron chi connectivity index (χ3n) is 8.76. The van der Waals surface area contributed by atoms with Crippen LogP contribution in [0.4, 0.5) is 5.69 Å². The van der Waals surface area contributed by atoms with Crippen LogP contribution < -0.4 is 14.4 Å². The Morgan fingerprint density at radius 2 is 1.76 bits per heavy atom. The number of aliphatic hydroxyl groups is 1. The van der Waals surface area contributed by atoms with Crippen molar-refractivity contribution in [3.05, 3.63) is 118 Å². The van der Waals surface area contributed by atoms with Gasteiger partial charge in [-0.2, -0.15) is 0 Å². The van der Waals surface area contributed by atoms with E-state index in [-0.39, 0.29) is 31.0 Å². The summed E-state index contributed by atoms with van der Waals surface area (Å²) in [6.45, 7) is 7.42. The minimum absolute atomic E-state index is 0.0420. The predicted molar refractivity (Wildman–Crippen MR) is 175 cm³/mol. The Morgan fingerprint density at radius 3 is 2.42 bits per heavy atom. The molecule has 45 heavy (non-hydrogen) atoms. The molecular formula is C37H39ClN2O5. The fourth-order valence-electron chi connectivity index (χ4n) is 6.37. The van der Waals surface area contributed by atoms with Crippen LogP contribution >= 0.6 is 11.6 Å². The Balaban J connectivity index is 1.39. The molecule has 1 unspecified atom stereocenters. The van der Waals surface area contributed by atoms with Gasteiger partial charge in [0.2, 0.25) is 5.91 Å². The zero-order valence-electron chi connectivity index (χ0n) is 25.9. The van der Waals surface area contributed by atoms with Crippen LogP contribution in [0.3, 0.4) is 0 Å². The first kappa shape index (κ1) is 31.1. The molecule has 1 fully saturated rings. The molecule has 1 aromatic heterocycles. The number of carbonyl (C=O) groups excluding carboxylic acids is 1. The molecular weight excluding hydrogens is 588 g/mol. The predicted octanol–water partition coefficient (Wildman–Crippen LogP) is 7.41. The van der Waals surface area contributed by atoms with Crippen molar-refractivity contribution in [2.45, 2.75) is 64.4 Å². The van der Waals surface area contributed by atoms with Gasteiger partial charge in [-0.05, 0) is 110 Å². The average molecular weight is 627 g/mol. The molecule has 0 bridgehead atoms. The van der Waals surface area contributed by atoms with Crippen molar-refractivity contribution in [2.75, 3.05) is 18.1 Å². The van der Waals surface area contributed by atoms with Crippen LogP contribution in [0.25, 0.3) is 0 Å². The number of anilines is 1. The lowest BCUT2D eigenvalue weighted by Gasteiger charge is -2.39. The van der Waals surface area contributed by atoms with Crippen molar-refractivity contribution in [1.29, 1.82) is 0 Å². The van der Waals surface area contributed by atoms with Gasteiger partial charge in [0.05, 0.1) is 29.9 Å². The molecule has 0 spiro atoms. The zero-order valence-corrected chi connectivity index (χ0v) is 26.7. The van der Waals surface area contributed by atoms with Gasteiger partial charge in [-0.1, -0.05) is 41.9 Å². The van der Waals surface area contributed by atoms with Gasteiger partial charge in [0.15, 0.2) is 11.5 Å². The van der Waals surface area contributed by atoms with Crippen LogP contribution in [0.1, 0.15) is 67.6 Å². The maximum Gasteiger partial charge on any atom is 0.232 e. The van der Waals surface area contributed by atoms with Crippen molar-refractivity contribution in [1.82, 2.24) is 4.98 Å². The minimum Gasteiger partial charge on any atom is -0.487 e. The Bertz CT molecular complexity index is 1620.